The number of carbonyl (C=O) groups is 3. The number of carboxylic acids is 1. The second-order valence-corrected chi connectivity index (χ2v) is 10.3. The lowest BCUT2D eigenvalue weighted by atomic mass is 9.59. The number of rotatable bonds is 8. The van der Waals surface area contributed by atoms with Crippen molar-refractivity contribution in [1.29, 1.82) is 0 Å². The van der Waals surface area contributed by atoms with Crippen LogP contribution in [0.1, 0.15) is 74.2 Å². The molecule has 2 aliphatic carbocycles. The zero-order chi connectivity index (χ0) is 26.0. The van der Waals surface area contributed by atoms with Gasteiger partial charge in [-0.1, -0.05) is 61.5 Å². The molecule has 0 aliphatic heterocycles. The number of aromatic nitrogens is 1. The van der Waals surface area contributed by atoms with Gasteiger partial charge in [-0.15, -0.1) is 0 Å². The number of allylic oxidation sites excluding steroid dienone is 2. The summed E-state index contributed by atoms with van der Waals surface area (Å²) < 4.78 is 0. The van der Waals surface area contributed by atoms with E-state index in [0.717, 1.165) is 43.4 Å². The Morgan fingerprint density at radius 3 is 2.25 bits per heavy atom. The first-order valence-electron chi connectivity index (χ1n) is 12.2. The van der Waals surface area contributed by atoms with Crippen LogP contribution < -0.4 is 10.6 Å². The largest absolute Gasteiger partial charge is 0.480 e. The van der Waals surface area contributed by atoms with Gasteiger partial charge in [0.05, 0.1) is 21.0 Å². The second-order valence-electron chi connectivity index (χ2n) is 9.50. The molecular weight excluding hydrogens is 501 g/mol. The highest BCUT2D eigenvalue weighted by atomic mass is 35.5. The Labute approximate surface area is 220 Å². The number of aliphatic carboxylic acids is 1. The van der Waals surface area contributed by atoms with Crippen LogP contribution in [-0.2, 0) is 9.59 Å². The van der Waals surface area contributed by atoms with E-state index >= 15 is 0 Å². The summed E-state index contributed by atoms with van der Waals surface area (Å²) in [5.74, 6) is -1.62. The predicted molar refractivity (Wildman–Crippen MR) is 139 cm³/mol. The van der Waals surface area contributed by atoms with E-state index in [0.29, 0.717) is 17.7 Å². The molecule has 1 spiro atoms. The standard InChI is InChI=1S/C27H29Cl2N3O4/c1-3-18(22(26(35)36)32-23-15(2)24(33)27(23)11-5-4-6-12-27)16-7-9-17(10-8-16)31-25(34)21-19(28)13-30-14-20(21)29/h7-10,13-14,18,22,32H,3-6,11-12H2,1-2H3,(H,31,34)(H,35,36)/t18?,22-/m0/s1. The zero-order valence-electron chi connectivity index (χ0n) is 20.2. The number of amides is 1. The molecule has 7 nitrogen and oxygen atoms in total. The summed E-state index contributed by atoms with van der Waals surface area (Å²) in [4.78, 5) is 41.7. The molecule has 1 amide bonds. The van der Waals surface area contributed by atoms with E-state index in [9.17, 15) is 19.5 Å². The lowest BCUT2D eigenvalue weighted by Crippen LogP contribution is -2.54. The van der Waals surface area contributed by atoms with Crippen molar-refractivity contribution in [1.82, 2.24) is 10.3 Å². The van der Waals surface area contributed by atoms with Gasteiger partial charge in [0.15, 0.2) is 5.78 Å². The fourth-order valence-electron chi connectivity index (χ4n) is 5.55. The van der Waals surface area contributed by atoms with E-state index in [1.807, 2.05) is 6.92 Å². The lowest BCUT2D eigenvalue weighted by Gasteiger charge is -2.47. The fraction of sp³-hybridized carbons (Fsp3) is 0.407. The number of pyridine rings is 1. The number of hydrogen-bond acceptors (Lipinski definition) is 5. The van der Waals surface area contributed by atoms with Crippen molar-refractivity contribution < 1.29 is 19.5 Å². The molecule has 2 aliphatic rings. The van der Waals surface area contributed by atoms with E-state index < -0.39 is 23.3 Å². The maximum Gasteiger partial charge on any atom is 0.326 e. The van der Waals surface area contributed by atoms with Crippen LogP contribution in [0.2, 0.25) is 10.0 Å². The smallest absolute Gasteiger partial charge is 0.326 e. The third kappa shape index (κ3) is 4.74. The molecule has 3 N–H and O–H groups in total. The second kappa shape index (κ2) is 10.6. The molecule has 2 aromatic rings. The molecule has 0 radical (unpaired) electrons. The molecule has 1 aromatic heterocycles. The first kappa shape index (κ1) is 26.2. The minimum Gasteiger partial charge on any atom is -0.480 e. The Bertz CT molecular complexity index is 1200. The Balaban J connectivity index is 1.53. The monoisotopic (exact) mass is 529 g/mol. The molecule has 190 valence electrons. The maximum atomic E-state index is 12.8. The van der Waals surface area contributed by atoms with Gasteiger partial charge in [0.1, 0.15) is 6.04 Å². The van der Waals surface area contributed by atoms with Gasteiger partial charge in [-0.25, -0.2) is 4.79 Å². The lowest BCUT2D eigenvalue weighted by molar-refractivity contribution is -0.141. The molecule has 36 heavy (non-hydrogen) atoms. The SMILES string of the molecule is CCC(c1ccc(NC(=O)c2c(Cl)cncc2Cl)cc1)[C@H](NC1=C(C)C(=O)C12CCCCC2)C(=O)O. The maximum absolute atomic E-state index is 12.8. The molecule has 9 heteroatoms. The van der Waals surface area contributed by atoms with Crippen molar-refractivity contribution in [2.75, 3.05) is 5.32 Å². The Hall–Kier alpha value is -2.90. The summed E-state index contributed by atoms with van der Waals surface area (Å²) in [7, 11) is 0. The highest BCUT2D eigenvalue weighted by Crippen LogP contribution is 2.52. The van der Waals surface area contributed by atoms with E-state index in [2.05, 4.69) is 15.6 Å². The molecule has 1 aromatic carbocycles. The normalized spacial score (nSPS) is 18.4. The fourth-order valence-corrected chi connectivity index (χ4v) is 6.09. The number of halogens is 2. The number of Topliss-reactive ketones (excluding diaryl/α,β-unsaturated/α-hetero) is 1. The van der Waals surface area contributed by atoms with Crippen molar-refractivity contribution in [3.8, 4) is 0 Å². The van der Waals surface area contributed by atoms with Crippen LogP contribution >= 0.6 is 23.2 Å². The minimum atomic E-state index is -0.966. The number of carboxylic acid groups (broad SMARTS) is 1. The summed E-state index contributed by atoms with van der Waals surface area (Å²) in [6.45, 7) is 3.72. The van der Waals surface area contributed by atoms with Gasteiger partial charge >= 0.3 is 5.97 Å². The van der Waals surface area contributed by atoms with Crippen molar-refractivity contribution in [2.45, 2.75) is 64.3 Å². The van der Waals surface area contributed by atoms with Crippen LogP contribution in [0.3, 0.4) is 0 Å². The van der Waals surface area contributed by atoms with Crippen molar-refractivity contribution in [3.05, 3.63) is 69.1 Å². The predicted octanol–water partition coefficient (Wildman–Crippen LogP) is 5.98. The number of carbonyl (C=O) groups excluding carboxylic acids is 2. The highest BCUT2D eigenvalue weighted by Gasteiger charge is 2.53. The van der Waals surface area contributed by atoms with Crippen LogP contribution in [0, 0.1) is 5.41 Å². The molecule has 1 heterocycles. The molecule has 0 saturated heterocycles. The van der Waals surface area contributed by atoms with Gasteiger partial charge in [-0.2, -0.15) is 0 Å². The number of nitrogens with zero attached hydrogens (tertiary/aromatic N) is 1. The molecule has 0 bridgehead atoms. The number of anilines is 1. The van der Waals surface area contributed by atoms with E-state index in [-0.39, 0.29) is 27.3 Å². The average Bonchev–Trinajstić information content (AvgIpc) is 2.87. The summed E-state index contributed by atoms with van der Waals surface area (Å²) in [6.07, 6.45) is 7.86. The summed E-state index contributed by atoms with van der Waals surface area (Å²) in [5, 5.41) is 16.5. The Morgan fingerprint density at radius 1 is 1.08 bits per heavy atom. The van der Waals surface area contributed by atoms with Crippen LogP contribution in [-0.4, -0.2) is 33.8 Å². The molecule has 1 unspecified atom stereocenters. The summed E-state index contributed by atoms with van der Waals surface area (Å²) in [6, 6.07) is 6.17. The van der Waals surface area contributed by atoms with Gasteiger partial charge in [0.2, 0.25) is 0 Å². The zero-order valence-corrected chi connectivity index (χ0v) is 21.7. The van der Waals surface area contributed by atoms with Crippen molar-refractivity contribution >= 4 is 46.5 Å². The summed E-state index contributed by atoms with van der Waals surface area (Å²) >= 11 is 12.2. The number of benzene rings is 1. The molecule has 2 atom stereocenters. The van der Waals surface area contributed by atoms with Crippen LogP contribution in [0.15, 0.2) is 47.9 Å². The van der Waals surface area contributed by atoms with E-state index in [4.69, 9.17) is 23.2 Å². The Kier molecular flexibility index (Phi) is 7.71. The first-order valence-corrected chi connectivity index (χ1v) is 12.9. The third-order valence-electron chi connectivity index (χ3n) is 7.42. The number of nitrogens with one attached hydrogen (secondary N) is 2. The molecule has 1 saturated carbocycles. The van der Waals surface area contributed by atoms with Gasteiger partial charge in [-0.3, -0.25) is 14.6 Å². The van der Waals surface area contributed by atoms with Crippen LogP contribution in [0.4, 0.5) is 5.69 Å². The highest BCUT2D eigenvalue weighted by molar-refractivity contribution is 6.40. The Morgan fingerprint density at radius 2 is 1.69 bits per heavy atom. The van der Waals surface area contributed by atoms with Gasteiger partial charge < -0.3 is 15.7 Å². The topological polar surface area (TPSA) is 108 Å². The summed E-state index contributed by atoms with van der Waals surface area (Å²) in [5.41, 5.74) is 2.37. The number of hydrogen-bond donors (Lipinski definition) is 3. The molecule has 1 fully saturated rings. The van der Waals surface area contributed by atoms with E-state index in [1.165, 1.54) is 12.4 Å². The minimum absolute atomic E-state index is 0.134. The van der Waals surface area contributed by atoms with Gasteiger partial charge in [0.25, 0.3) is 5.91 Å². The van der Waals surface area contributed by atoms with Crippen LogP contribution in [0.5, 0.6) is 0 Å². The van der Waals surface area contributed by atoms with Gasteiger partial charge in [-0.05, 0) is 43.9 Å². The van der Waals surface area contributed by atoms with E-state index in [1.54, 1.807) is 31.2 Å². The molecule has 4 rings (SSSR count). The number of ketones is 1. The van der Waals surface area contributed by atoms with Crippen molar-refractivity contribution in [2.24, 2.45) is 5.41 Å². The van der Waals surface area contributed by atoms with Crippen molar-refractivity contribution in [3.63, 3.8) is 0 Å². The third-order valence-corrected chi connectivity index (χ3v) is 7.99. The first-order chi connectivity index (χ1) is 17.2. The average molecular weight is 530 g/mol. The quantitative estimate of drug-likeness (QED) is 0.387. The van der Waals surface area contributed by atoms with Crippen LogP contribution in [0.25, 0.3) is 0 Å². The molecular formula is C27H29Cl2N3O4. The van der Waals surface area contributed by atoms with Gasteiger partial charge in [0, 0.05) is 35.3 Å².